The highest BCUT2D eigenvalue weighted by molar-refractivity contribution is 6.30. The molecule has 2 heterocycles. The summed E-state index contributed by atoms with van der Waals surface area (Å²) >= 11 is 5.91. The minimum atomic E-state index is -0.891. The highest BCUT2D eigenvalue weighted by atomic mass is 35.5. The molecular weight excluding hydrogens is 342 g/mol. The van der Waals surface area contributed by atoms with Gasteiger partial charge in [0.05, 0.1) is 18.3 Å². The molecule has 1 aromatic rings. The van der Waals surface area contributed by atoms with Crippen LogP contribution in [0.15, 0.2) is 24.3 Å². The van der Waals surface area contributed by atoms with Crippen molar-refractivity contribution in [2.45, 2.75) is 43.8 Å². The average Bonchev–Trinajstić information content (AvgIpc) is 2.63. The maximum absolute atomic E-state index is 12.3. The first-order valence-corrected chi connectivity index (χ1v) is 9.40. The minimum absolute atomic E-state index is 0.0195. The maximum atomic E-state index is 12.3. The van der Waals surface area contributed by atoms with E-state index in [0.717, 1.165) is 31.4 Å². The molecule has 0 bridgehead atoms. The zero-order chi connectivity index (χ0) is 17.7. The third kappa shape index (κ3) is 4.94. The number of rotatable bonds is 5. The van der Waals surface area contributed by atoms with Crippen LogP contribution in [0.2, 0.25) is 5.02 Å². The molecule has 0 radical (unpaired) electrons. The Bertz CT molecular complexity index is 563. The molecule has 1 atom stereocenters. The van der Waals surface area contributed by atoms with Gasteiger partial charge in [-0.25, -0.2) is 0 Å². The Labute approximate surface area is 153 Å². The second-order valence-corrected chi connectivity index (χ2v) is 7.36. The number of aliphatic hydroxyl groups is 1. The fourth-order valence-electron chi connectivity index (χ4n) is 3.48. The van der Waals surface area contributed by atoms with E-state index in [2.05, 4.69) is 0 Å². The highest BCUT2D eigenvalue weighted by Gasteiger charge is 2.35. The summed E-state index contributed by atoms with van der Waals surface area (Å²) in [4.78, 5) is 14.1. The topological polar surface area (TPSA) is 59.0 Å². The molecule has 2 aliphatic heterocycles. The van der Waals surface area contributed by atoms with Gasteiger partial charge in [-0.15, -0.1) is 0 Å². The summed E-state index contributed by atoms with van der Waals surface area (Å²) in [6.07, 6.45) is 4.44. The summed E-state index contributed by atoms with van der Waals surface area (Å²) in [5, 5.41) is 11.5. The Morgan fingerprint density at radius 2 is 2.00 bits per heavy atom. The molecule has 138 valence electrons. The lowest BCUT2D eigenvalue weighted by Gasteiger charge is -2.38. The van der Waals surface area contributed by atoms with Gasteiger partial charge in [0.2, 0.25) is 5.91 Å². The lowest BCUT2D eigenvalue weighted by molar-refractivity contribution is -0.142. The van der Waals surface area contributed by atoms with Crippen LogP contribution in [0.5, 0.6) is 0 Å². The van der Waals surface area contributed by atoms with Crippen LogP contribution in [0.4, 0.5) is 0 Å². The largest absolute Gasteiger partial charge is 0.385 e. The second kappa shape index (κ2) is 8.49. The Kier molecular flexibility index (Phi) is 6.34. The van der Waals surface area contributed by atoms with Crippen LogP contribution >= 0.6 is 11.6 Å². The zero-order valence-electron chi connectivity index (χ0n) is 14.5. The standard InChI is InChI=1S/C19H26ClNO4/c20-16-6-4-15(5-7-16)19(23)8-10-21(11-9-19)18(22)14-24-13-17-3-1-2-12-25-17/h4-7,17,23H,1-3,8-14H2. The highest BCUT2D eigenvalue weighted by Crippen LogP contribution is 2.33. The molecule has 2 fully saturated rings. The van der Waals surface area contributed by atoms with Gasteiger partial charge in [0, 0.05) is 24.7 Å². The average molecular weight is 368 g/mol. The van der Waals surface area contributed by atoms with Gasteiger partial charge in [-0.3, -0.25) is 4.79 Å². The van der Waals surface area contributed by atoms with Gasteiger partial charge >= 0.3 is 0 Å². The summed E-state index contributed by atoms with van der Waals surface area (Å²) in [5.41, 5.74) is -0.0345. The van der Waals surface area contributed by atoms with Crippen molar-refractivity contribution in [2.24, 2.45) is 0 Å². The summed E-state index contributed by atoms with van der Waals surface area (Å²) in [5.74, 6) is -0.0195. The fraction of sp³-hybridized carbons (Fsp3) is 0.632. The van der Waals surface area contributed by atoms with Gasteiger partial charge in [0.15, 0.2) is 0 Å². The van der Waals surface area contributed by atoms with E-state index in [9.17, 15) is 9.90 Å². The van der Waals surface area contributed by atoms with Crippen molar-refractivity contribution in [3.8, 4) is 0 Å². The Morgan fingerprint density at radius 3 is 2.64 bits per heavy atom. The molecule has 0 saturated carbocycles. The number of amides is 1. The third-order valence-electron chi connectivity index (χ3n) is 5.13. The predicted molar refractivity (Wildman–Crippen MR) is 95.6 cm³/mol. The van der Waals surface area contributed by atoms with E-state index >= 15 is 0 Å². The number of likely N-dealkylation sites (tertiary alicyclic amines) is 1. The minimum Gasteiger partial charge on any atom is -0.385 e. The van der Waals surface area contributed by atoms with Crippen LogP contribution in [-0.2, 0) is 19.9 Å². The summed E-state index contributed by atoms with van der Waals surface area (Å²) in [7, 11) is 0. The fourth-order valence-corrected chi connectivity index (χ4v) is 3.61. The van der Waals surface area contributed by atoms with Crippen molar-refractivity contribution in [3.05, 3.63) is 34.9 Å². The van der Waals surface area contributed by atoms with Gasteiger partial charge in [-0.05, 0) is 49.8 Å². The summed E-state index contributed by atoms with van der Waals surface area (Å²) < 4.78 is 11.1. The lowest BCUT2D eigenvalue weighted by Crippen LogP contribution is -2.46. The molecule has 5 nitrogen and oxygen atoms in total. The second-order valence-electron chi connectivity index (χ2n) is 6.92. The first kappa shape index (κ1) is 18.6. The molecule has 2 aliphatic rings. The summed E-state index contributed by atoms with van der Waals surface area (Å²) in [6, 6.07) is 7.28. The number of ether oxygens (including phenoxy) is 2. The van der Waals surface area contributed by atoms with Crippen molar-refractivity contribution in [1.82, 2.24) is 4.90 Å². The van der Waals surface area contributed by atoms with Crippen molar-refractivity contribution >= 4 is 17.5 Å². The molecule has 1 N–H and O–H groups in total. The third-order valence-corrected chi connectivity index (χ3v) is 5.38. The van der Waals surface area contributed by atoms with E-state index in [4.69, 9.17) is 21.1 Å². The molecule has 0 aliphatic carbocycles. The predicted octanol–water partition coefficient (Wildman–Crippen LogP) is 2.74. The van der Waals surface area contributed by atoms with Crippen LogP contribution in [0.1, 0.15) is 37.7 Å². The molecule has 0 spiro atoms. The van der Waals surface area contributed by atoms with Gasteiger partial charge in [-0.2, -0.15) is 0 Å². The lowest BCUT2D eigenvalue weighted by atomic mass is 9.84. The SMILES string of the molecule is O=C(COCC1CCCCO1)N1CCC(O)(c2ccc(Cl)cc2)CC1. The van der Waals surface area contributed by atoms with Gasteiger partial charge in [-0.1, -0.05) is 23.7 Å². The van der Waals surface area contributed by atoms with Crippen molar-refractivity contribution in [1.29, 1.82) is 0 Å². The van der Waals surface area contributed by atoms with E-state index < -0.39 is 5.60 Å². The first-order chi connectivity index (χ1) is 12.1. The number of nitrogens with zero attached hydrogens (tertiary/aromatic N) is 1. The van der Waals surface area contributed by atoms with Crippen LogP contribution in [0, 0.1) is 0 Å². The van der Waals surface area contributed by atoms with Gasteiger partial charge in [0.1, 0.15) is 6.61 Å². The van der Waals surface area contributed by atoms with E-state index in [-0.39, 0.29) is 18.6 Å². The first-order valence-electron chi connectivity index (χ1n) is 9.02. The molecule has 0 aromatic heterocycles. The van der Waals surface area contributed by atoms with Crippen molar-refractivity contribution in [3.63, 3.8) is 0 Å². The smallest absolute Gasteiger partial charge is 0.248 e. The molecule has 2 saturated heterocycles. The molecule has 6 heteroatoms. The molecule has 1 aromatic carbocycles. The molecule has 3 rings (SSSR count). The van der Waals surface area contributed by atoms with Gasteiger partial charge in [0.25, 0.3) is 0 Å². The van der Waals surface area contributed by atoms with Crippen molar-refractivity contribution < 1.29 is 19.4 Å². The normalized spacial score (nSPS) is 23.4. The van der Waals surface area contributed by atoms with Crippen LogP contribution in [-0.4, -0.2) is 54.9 Å². The number of carbonyl (C=O) groups is 1. The number of carbonyl (C=O) groups excluding carboxylic acids is 1. The Balaban J connectivity index is 1.43. The number of hydrogen-bond acceptors (Lipinski definition) is 4. The number of piperidine rings is 1. The van der Waals surface area contributed by atoms with Gasteiger partial charge < -0.3 is 19.5 Å². The number of benzene rings is 1. The Hall–Kier alpha value is -1.14. The van der Waals surface area contributed by atoms with Crippen LogP contribution in [0.25, 0.3) is 0 Å². The van der Waals surface area contributed by atoms with Crippen LogP contribution in [0.3, 0.4) is 0 Å². The number of halogens is 1. The van der Waals surface area contributed by atoms with Crippen molar-refractivity contribution in [2.75, 3.05) is 32.9 Å². The summed E-state index contributed by atoms with van der Waals surface area (Å²) in [6.45, 7) is 2.41. The van der Waals surface area contributed by atoms with Crippen LogP contribution < -0.4 is 0 Å². The molecule has 1 amide bonds. The van der Waals surface area contributed by atoms with E-state index in [1.165, 1.54) is 0 Å². The molecule has 1 unspecified atom stereocenters. The molecular formula is C19H26ClNO4. The van der Waals surface area contributed by atoms with E-state index in [0.29, 0.717) is 37.6 Å². The monoisotopic (exact) mass is 367 g/mol. The zero-order valence-corrected chi connectivity index (χ0v) is 15.2. The van der Waals surface area contributed by atoms with E-state index in [1.807, 2.05) is 12.1 Å². The molecule has 25 heavy (non-hydrogen) atoms. The Morgan fingerprint density at radius 1 is 1.28 bits per heavy atom. The quantitative estimate of drug-likeness (QED) is 0.869. The maximum Gasteiger partial charge on any atom is 0.248 e. The number of hydrogen-bond donors (Lipinski definition) is 1. The van der Waals surface area contributed by atoms with E-state index in [1.54, 1.807) is 17.0 Å².